The third-order valence-corrected chi connectivity index (χ3v) is 4.56. The lowest BCUT2D eigenvalue weighted by Crippen LogP contribution is -2.30. The SMILES string of the molecule is CC(C)NC(=O)OCc1ccc(-c2cc(Cc3ccc4[nH]ncc4c3)[nH]n2)cc1. The maximum absolute atomic E-state index is 11.6. The summed E-state index contributed by atoms with van der Waals surface area (Å²) in [4.78, 5) is 11.6. The fraction of sp³-hybridized carbons (Fsp3) is 0.227. The van der Waals surface area contributed by atoms with Crippen LogP contribution >= 0.6 is 0 Å². The monoisotopic (exact) mass is 389 g/mol. The largest absolute Gasteiger partial charge is 0.445 e. The summed E-state index contributed by atoms with van der Waals surface area (Å²) in [6.45, 7) is 4.02. The van der Waals surface area contributed by atoms with Gasteiger partial charge in [-0.2, -0.15) is 10.2 Å². The summed E-state index contributed by atoms with van der Waals surface area (Å²) in [5.74, 6) is 0. The molecule has 0 unspecified atom stereocenters. The zero-order valence-corrected chi connectivity index (χ0v) is 16.4. The van der Waals surface area contributed by atoms with Gasteiger partial charge in [0.25, 0.3) is 0 Å². The van der Waals surface area contributed by atoms with Crippen molar-refractivity contribution in [2.75, 3.05) is 0 Å². The van der Waals surface area contributed by atoms with Crippen molar-refractivity contribution in [1.82, 2.24) is 25.7 Å². The molecule has 2 heterocycles. The Morgan fingerprint density at radius 2 is 1.86 bits per heavy atom. The topological polar surface area (TPSA) is 95.7 Å². The summed E-state index contributed by atoms with van der Waals surface area (Å²) in [5.41, 5.74) is 6.09. The second kappa shape index (κ2) is 8.18. The number of benzene rings is 2. The van der Waals surface area contributed by atoms with E-state index in [4.69, 9.17) is 4.74 Å². The summed E-state index contributed by atoms with van der Waals surface area (Å²) in [5, 5.41) is 18.4. The Balaban J connectivity index is 1.39. The Labute approximate surface area is 168 Å². The molecule has 4 rings (SSSR count). The number of carbonyl (C=O) groups is 1. The van der Waals surface area contributed by atoms with E-state index < -0.39 is 6.09 Å². The van der Waals surface area contributed by atoms with E-state index in [9.17, 15) is 4.79 Å². The van der Waals surface area contributed by atoms with Gasteiger partial charge >= 0.3 is 6.09 Å². The smallest absolute Gasteiger partial charge is 0.407 e. The van der Waals surface area contributed by atoms with Crippen molar-refractivity contribution in [2.45, 2.75) is 32.9 Å². The van der Waals surface area contributed by atoms with Gasteiger partial charge in [0.2, 0.25) is 0 Å². The number of fused-ring (bicyclic) bond motifs is 1. The molecule has 7 nitrogen and oxygen atoms in total. The molecule has 148 valence electrons. The highest BCUT2D eigenvalue weighted by Crippen LogP contribution is 2.21. The first-order valence-electron chi connectivity index (χ1n) is 9.56. The fourth-order valence-electron chi connectivity index (χ4n) is 3.12. The molecule has 0 aliphatic heterocycles. The summed E-state index contributed by atoms with van der Waals surface area (Å²) >= 11 is 0. The number of nitrogens with one attached hydrogen (secondary N) is 3. The number of aromatic amines is 2. The molecular weight excluding hydrogens is 366 g/mol. The van der Waals surface area contributed by atoms with Crippen LogP contribution in [0.3, 0.4) is 0 Å². The van der Waals surface area contributed by atoms with Gasteiger partial charge in [-0.3, -0.25) is 10.2 Å². The maximum atomic E-state index is 11.6. The van der Waals surface area contributed by atoms with E-state index in [1.807, 2.05) is 50.4 Å². The summed E-state index contributed by atoms with van der Waals surface area (Å²) in [6.07, 6.45) is 2.19. The molecule has 0 fully saturated rings. The molecule has 29 heavy (non-hydrogen) atoms. The zero-order valence-electron chi connectivity index (χ0n) is 16.4. The normalized spacial score (nSPS) is 11.1. The number of alkyl carbamates (subject to hydrolysis) is 1. The lowest BCUT2D eigenvalue weighted by Gasteiger charge is -2.09. The number of aromatic nitrogens is 4. The highest BCUT2D eigenvalue weighted by molar-refractivity contribution is 5.78. The van der Waals surface area contributed by atoms with E-state index in [-0.39, 0.29) is 12.6 Å². The van der Waals surface area contributed by atoms with Crippen molar-refractivity contribution < 1.29 is 9.53 Å². The highest BCUT2D eigenvalue weighted by atomic mass is 16.5. The molecule has 0 aliphatic carbocycles. The minimum Gasteiger partial charge on any atom is -0.445 e. The van der Waals surface area contributed by atoms with Gasteiger partial charge in [0.15, 0.2) is 0 Å². The van der Waals surface area contributed by atoms with Crippen molar-refractivity contribution in [3.05, 3.63) is 71.5 Å². The molecule has 0 radical (unpaired) electrons. The van der Waals surface area contributed by atoms with Gasteiger partial charge in [0.05, 0.1) is 17.4 Å². The second-order valence-electron chi connectivity index (χ2n) is 7.32. The van der Waals surface area contributed by atoms with Gasteiger partial charge in [-0.1, -0.05) is 30.3 Å². The lowest BCUT2D eigenvalue weighted by atomic mass is 10.1. The molecule has 0 atom stereocenters. The van der Waals surface area contributed by atoms with E-state index in [0.29, 0.717) is 0 Å². The summed E-state index contributed by atoms with van der Waals surface area (Å²) in [7, 11) is 0. The van der Waals surface area contributed by atoms with Crippen LogP contribution in [0.15, 0.2) is 54.7 Å². The minimum atomic E-state index is -0.408. The van der Waals surface area contributed by atoms with E-state index in [0.717, 1.165) is 39.8 Å². The summed E-state index contributed by atoms with van der Waals surface area (Å²) in [6, 6.07) is 16.2. The van der Waals surface area contributed by atoms with Crippen LogP contribution in [0.5, 0.6) is 0 Å². The van der Waals surface area contributed by atoms with E-state index >= 15 is 0 Å². The molecule has 1 amide bonds. The third kappa shape index (κ3) is 4.63. The number of H-pyrrole nitrogens is 2. The van der Waals surface area contributed by atoms with Crippen LogP contribution in [-0.2, 0) is 17.8 Å². The van der Waals surface area contributed by atoms with Crippen molar-refractivity contribution in [3.8, 4) is 11.3 Å². The zero-order chi connectivity index (χ0) is 20.2. The number of hydrogen-bond donors (Lipinski definition) is 3. The Morgan fingerprint density at radius 3 is 2.66 bits per heavy atom. The first kappa shape index (κ1) is 18.7. The minimum absolute atomic E-state index is 0.0559. The van der Waals surface area contributed by atoms with Gasteiger partial charge in [0, 0.05) is 29.1 Å². The quantitative estimate of drug-likeness (QED) is 0.461. The van der Waals surface area contributed by atoms with Gasteiger partial charge in [0.1, 0.15) is 6.61 Å². The van der Waals surface area contributed by atoms with Gasteiger partial charge in [-0.25, -0.2) is 4.79 Å². The van der Waals surface area contributed by atoms with Crippen LogP contribution in [0.4, 0.5) is 4.79 Å². The Morgan fingerprint density at radius 1 is 1.07 bits per heavy atom. The Hall–Kier alpha value is -3.61. The summed E-state index contributed by atoms with van der Waals surface area (Å²) < 4.78 is 5.20. The highest BCUT2D eigenvalue weighted by Gasteiger charge is 2.08. The standard InChI is InChI=1S/C22H23N5O2/c1-14(2)24-22(28)29-13-15-3-6-17(7-4-15)21-11-19(25-27-21)10-16-5-8-20-18(9-16)12-23-26-20/h3-9,11-12,14H,10,13H2,1-2H3,(H,23,26)(H,24,28)(H,25,27). The van der Waals surface area contributed by atoms with Gasteiger partial charge in [-0.05, 0) is 43.2 Å². The van der Waals surface area contributed by atoms with Crippen molar-refractivity contribution in [2.24, 2.45) is 0 Å². The van der Waals surface area contributed by atoms with E-state index in [1.165, 1.54) is 5.56 Å². The van der Waals surface area contributed by atoms with Crippen molar-refractivity contribution in [3.63, 3.8) is 0 Å². The maximum Gasteiger partial charge on any atom is 0.407 e. The van der Waals surface area contributed by atoms with E-state index in [1.54, 1.807) is 0 Å². The predicted molar refractivity (Wildman–Crippen MR) is 111 cm³/mol. The average molecular weight is 389 g/mol. The molecule has 7 heteroatoms. The predicted octanol–water partition coefficient (Wildman–Crippen LogP) is 4.18. The number of ether oxygens (including phenoxy) is 1. The molecular formula is C22H23N5O2. The van der Waals surface area contributed by atoms with Crippen LogP contribution in [0.2, 0.25) is 0 Å². The molecule has 0 aliphatic rings. The second-order valence-corrected chi connectivity index (χ2v) is 7.32. The van der Waals surface area contributed by atoms with Gasteiger partial charge < -0.3 is 10.1 Å². The van der Waals surface area contributed by atoms with Crippen LogP contribution < -0.4 is 5.32 Å². The first-order valence-corrected chi connectivity index (χ1v) is 9.56. The van der Waals surface area contributed by atoms with Crippen molar-refractivity contribution in [1.29, 1.82) is 0 Å². The van der Waals surface area contributed by atoms with Crippen LogP contribution in [0.25, 0.3) is 22.2 Å². The number of nitrogens with zero attached hydrogens (tertiary/aromatic N) is 2. The molecule has 2 aromatic heterocycles. The molecule has 0 saturated heterocycles. The number of rotatable bonds is 6. The molecule has 4 aromatic rings. The lowest BCUT2D eigenvalue weighted by molar-refractivity contribution is 0.137. The average Bonchev–Trinajstić information content (AvgIpc) is 3.35. The molecule has 3 N–H and O–H groups in total. The van der Waals surface area contributed by atoms with Crippen LogP contribution in [0, 0.1) is 0 Å². The van der Waals surface area contributed by atoms with Crippen LogP contribution in [0.1, 0.15) is 30.7 Å². The van der Waals surface area contributed by atoms with Crippen LogP contribution in [-0.4, -0.2) is 32.5 Å². The van der Waals surface area contributed by atoms with E-state index in [2.05, 4.69) is 43.9 Å². The Kier molecular flexibility index (Phi) is 5.29. The first-order chi connectivity index (χ1) is 14.1. The molecule has 0 saturated carbocycles. The number of amides is 1. The van der Waals surface area contributed by atoms with Crippen molar-refractivity contribution >= 4 is 17.0 Å². The molecule has 2 aromatic carbocycles. The third-order valence-electron chi connectivity index (χ3n) is 4.56. The fourth-order valence-corrected chi connectivity index (χ4v) is 3.12. The number of hydrogen-bond acceptors (Lipinski definition) is 4. The molecule has 0 bridgehead atoms. The molecule has 0 spiro atoms. The number of carbonyl (C=O) groups excluding carboxylic acids is 1. The Bertz CT molecular complexity index is 1110. The van der Waals surface area contributed by atoms with Gasteiger partial charge in [-0.15, -0.1) is 0 Å².